The van der Waals surface area contributed by atoms with E-state index in [0.29, 0.717) is 18.0 Å². The maximum absolute atomic E-state index is 10.6. The van der Waals surface area contributed by atoms with Crippen molar-refractivity contribution >= 4 is 0 Å². The van der Waals surface area contributed by atoms with Gasteiger partial charge in [0.2, 0.25) is 0 Å². The summed E-state index contributed by atoms with van der Waals surface area (Å²) < 4.78 is 10.6. The Morgan fingerprint density at radius 1 is 1.00 bits per heavy atom. The van der Waals surface area contributed by atoms with Crippen molar-refractivity contribution in [2.24, 2.45) is 0 Å². The number of aryl methyl sites for hydroxylation is 2. The van der Waals surface area contributed by atoms with Gasteiger partial charge in [-0.25, -0.2) is 0 Å². The number of hydrogen-bond acceptors (Lipinski definition) is 4. The summed E-state index contributed by atoms with van der Waals surface area (Å²) in [5, 5.41) is 14.1. The second kappa shape index (κ2) is 8.56. The first-order valence-electron chi connectivity index (χ1n) is 9.37. The van der Waals surface area contributed by atoms with E-state index in [2.05, 4.69) is 30.4 Å². The highest BCUT2D eigenvalue weighted by molar-refractivity contribution is 5.42. The van der Waals surface area contributed by atoms with Crippen molar-refractivity contribution in [1.82, 2.24) is 5.32 Å². The van der Waals surface area contributed by atoms with Gasteiger partial charge in [-0.2, -0.15) is 0 Å². The fraction of sp³-hybridized carbons (Fsp3) is 0.455. The lowest BCUT2D eigenvalue weighted by Gasteiger charge is -2.22. The number of aliphatic hydroxyl groups is 1. The Kier molecular flexibility index (Phi) is 6.17. The molecule has 1 aliphatic carbocycles. The minimum atomic E-state index is -0.667. The lowest BCUT2D eigenvalue weighted by molar-refractivity contribution is 0.166. The third-order valence-corrected chi connectivity index (χ3v) is 5.29. The average molecular weight is 355 g/mol. The molecular formula is C22H29NO3. The van der Waals surface area contributed by atoms with Crippen LogP contribution in [0.25, 0.3) is 0 Å². The first-order chi connectivity index (χ1) is 12.6. The molecule has 140 valence electrons. The fourth-order valence-electron chi connectivity index (χ4n) is 3.64. The van der Waals surface area contributed by atoms with Gasteiger partial charge >= 0.3 is 0 Å². The van der Waals surface area contributed by atoms with Crippen molar-refractivity contribution in [2.45, 2.75) is 44.8 Å². The number of benzene rings is 2. The molecule has 0 heterocycles. The minimum Gasteiger partial charge on any atom is -0.497 e. The Balaban J connectivity index is 1.66. The standard InChI is InChI=1S/C22H29NO3/c1-15(17-9-8-16-6-4-5-7-18(16)12-17)23-14-21(24)20-13-19(25-2)10-11-22(20)26-3/h8-13,15,21,23-24H,4-7,14H2,1-3H3. The Morgan fingerprint density at radius 3 is 2.50 bits per heavy atom. The molecule has 0 radical (unpaired) electrons. The van der Waals surface area contributed by atoms with Crippen molar-refractivity contribution in [3.8, 4) is 11.5 Å². The van der Waals surface area contributed by atoms with Gasteiger partial charge in [0, 0.05) is 18.2 Å². The van der Waals surface area contributed by atoms with Crippen LogP contribution >= 0.6 is 0 Å². The summed E-state index contributed by atoms with van der Waals surface area (Å²) in [7, 11) is 3.23. The molecule has 4 nitrogen and oxygen atoms in total. The predicted octanol–water partition coefficient (Wildman–Crippen LogP) is 3.97. The Labute approximate surface area is 156 Å². The van der Waals surface area contributed by atoms with E-state index in [0.717, 1.165) is 5.56 Å². The summed E-state index contributed by atoms with van der Waals surface area (Å²) in [6.45, 7) is 2.59. The second-order valence-electron chi connectivity index (χ2n) is 6.99. The molecule has 0 amide bonds. The molecule has 1 aliphatic rings. The van der Waals surface area contributed by atoms with Crippen LogP contribution < -0.4 is 14.8 Å². The van der Waals surface area contributed by atoms with Crippen LogP contribution in [0.4, 0.5) is 0 Å². The summed E-state index contributed by atoms with van der Waals surface area (Å²) in [4.78, 5) is 0. The predicted molar refractivity (Wildman–Crippen MR) is 104 cm³/mol. The van der Waals surface area contributed by atoms with Crippen molar-refractivity contribution < 1.29 is 14.6 Å². The van der Waals surface area contributed by atoms with Crippen LogP contribution in [-0.4, -0.2) is 25.9 Å². The smallest absolute Gasteiger partial charge is 0.124 e. The van der Waals surface area contributed by atoms with Gasteiger partial charge in [0.15, 0.2) is 0 Å². The van der Waals surface area contributed by atoms with E-state index in [1.807, 2.05) is 18.2 Å². The summed E-state index contributed by atoms with van der Waals surface area (Å²) in [5.41, 5.74) is 4.98. The second-order valence-corrected chi connectivity index (χ2v) is 6.99. The van der Waals surface area contributed by atoms with Gasteiger partial charge in [-0.05, 0) is 67.5 Å². The molecule has 26 heavy (non-hydrogen) atoms. The van der Waals surface area contributed by atoms with Crippen molar-refractivity contribution in [1.29, 1.82) is 0 Å². The number of aliphatic hydroxyl groups excluding tert-OH is 1. The van der Waals surface area contributed by atoms with Gasteiger partial charge in [0.1, 0.15) is 11.5 Å². The number of hydrogen-bond donors (Lipinski definition) is 2. The topological polar surface area (TPSA) is 50.7 Å². The normalized spacial score (nSPS) is 15.8. The maximum atomic E-state index is 10.6. The van der Waals surface area contributed by atoms with Crippen LogP contribution in [0, 0.1) is 0 Å². The lowest BCUT2D eigenvalue weighted by atomic mass is 9.89. The largest absolute Gasteiger partial charge is 0.497 e. The van der Waals surface area contributed by atoms with Crippen molar-refractivity contribution in [3.63, 3.8) is 0 Å². The van der Waals surface area contributed by atoms with E-state index >= 15 is 0 Å². The minimum absolute atomic E-state index is 0.175. The van der Waals surface area contributed by atoms with Crippen molar-refractivity contribution in [3.05, 3.63) is 58.7 Å². The van der Waals surface area contributed by atoms with Gasteiger partial charge in [-0.1, -0.05) is 18.2 Å². The molecule has 2 aromatic rings. The SMILES string of the molecule is COc1ccc(OC)c(C(O)CNC(C)c2ccc3c(c2)CCCC3)c1. The van der Waals surface area contributed by atoms with E-state index in [9.17, 15) is 5.11 Å². The van der Waals surface area contributed by atoms with E-state index < -0.39 is 6.10 Å². The molecule has 0 fully saturated rings. The molecule has 2 atom stereocenters. The van der Waals surface area contributed by atoms with Gasteiger partial charge in [0.25, 0.3) is 0 Å². The lowest BCUT2D eigenvalue weighted by Crippen LogP contribution is -2.25. The molecule has 2 aromatic carbocycles. The number of methoxy groups -OCH3 is 2. The number of nitrogens with one attached hydrogen (secondary N) is 1. The highest BCUT2D eigenvalue weighted by Crippen LogP contribution is 2.30. The third-order valence-electron chi connectivity index (χ3n) is 5.29. The van der Waals surface area contributed by atoms with Crippen LogP contribution in [0.1, 0.15) is 54.2 Å². The summed E-state index contributed by atoms with van der Waals surface area (Å²) in [5.74, 6) is 1.38. The number of fused-ring (bicyclic) bond motifs is 1. The zero-order valence-electron chi connectivity index (χ0n) is 15.9. The highest BCUT2D eigenvalue weighted by Gasteiger charge is 2.17. The molecule has 0 saturated heterocycles. The van der Waals surface area contributed by atoms with E-state index in [4.69, 9.17) is 9.47 Å². The first kappa shape index (κ1) is 18.7. The molecule has 0 saturated carbocycles. The van der Waals surface area contributed by atoms with Crippen LogP contribution in [-0.2, 0) is 12.8 Å². The van der Waals surface area contributed by atoms with Gasteiger partial charge in [-0.3, -0.25) is 0 Å². The fourth-order valence-corrected chi connectivity index (χ4v) is 3.64. The summed E-state index contributed by atoms with van der Waals surface area (Å²) >= 11 is 0. The highest BCUT2D eigenvalue weighted by atomic mass is 16.5. The van der Waals surface area contributed by atoms with Gasteiger partial charge < -0.3 is 19.9 Å². The molecule has 0 bridgehead atoms. The maximum Gasteiger partial charge on any atom is 0.124 e. The summed E-state index contributed by atoms with van der Waals surface area (Å²) in [6.07, 6.45) is 4.30. The van der Waals surface area contributed by atoms with Crippen LogP contribution in [0.2, 0.25) is 0 Å². The Morgan fingerprint density at radius 2 is 1.77 bits per heavy atom. The summed E-state index contributed by atoms with van der Waals surface area (Å²) in [6, 6.07) is 12.5. The molecule has 2 unspecified atom stereocenters. The van der Waals surface area contributed by atoms with Gasteiger partial charge in [-0.15, -0.1) is 0 Å². The molecule has 2 N–H and O–H groups in total. The van der Waals surface area contributed by atoms with Crippen LogP contribution in [0.3, 0.4) is 0 Å². The molecular weight excluding hydrogens is 326 g/mol. The zero-order valence-corrected chi connectivity index (χ0v) is 15.9. The third kappa shape index (κ3) is 4.19. The van der Waals surface area contributed by atoms with Crippen molar-refractivity contribution in [2.75, 3.05) is 20.8 Å². The Bertz CT molecular complexity index is 744. The van der Waals surface area contributed by atoms with E-state index in [-0.39, 0.29) is 6.04 Å². The molecule has 4 heteroatoms. The number of ether oxygens (including phenoxy) is 2. The number of rotatable bonds is 7. The van der Waals surface area contributed by atoms with Gasteiger partial charge in [0.05, 0.1) is 20.3 Å². The van der Waals surface area contributed by atoms with Crippen LogP contribution in [0.15, 0.2) is 36.4 Å². The molecule has 0 aliphatic heterocycles. The van der Waals surface area contributed by atoms with Crippen LogP contribution in [0.5, 0.6) is 11.5 Å². The molecule has 3 rings (SSSR count). The first-order valence-corrected chi connectivity index (χ1v) is 9.37. The van der Waals surface area contributed by atoms with E-state index in [1.54, 1.807) is 14.2 Å². The quantitative estimate of drug-likeness (QED) is 0.789. The monoisotopic (exact) mass is 355 g/mol. The molecule has 0 spiro atoms. The molecule has 0 aromatic heterocycles. The van der Waals surface area contributed by atoms with E-state index in [1.165, 1.54) is 42.4 Å². The average Bonchev–Trinajstić information content (AvgIpc) is 2.70. The zero-order chi connectivity index (χ0) is 18.5. The Hall–Kier alpha value is -2.04.